The lowest BCUT2D eigenvalue weighted by atomic mass is 10.2. The Morgan fingerprint density at radius 1 is 1.20 bits per heavy atom. The van der Waals surface area contributed by atoms with E-state index in [2.05, 4.69) is 21.2 Å². The molecular formula is C14H10BrCl2NO2. The van der Waals surface area contributed by atoms with Crippen LogP contribution < -0.4 is 10.1 Å². The van der Waals surface area contributed by atoms with Gasteiger partial charge in [-0.1, -0.05) is 45.2 Å². The lowest BCUT2D eigenvalue weighted by Crippen LogP contribution is -2.14. The molecule has 3 nitrogen and oxygen atoms in total. The topological polar surface area (TPSA) is 38.3 Å². The standard InChI is InChI=1S/C14H10BrCl2NO2/c1-20-12-6-5-8(15)7-9(12)14(19)18-13-10(16)3-2-4-11(13)17/h2-7H,1H3,(H,18,19). The van der Waals surface area contributed by atoms with Crippen LogP contribution in [0.1, 0.15) is 10.4 Å². The SMILES string of the molecule is COc1ccc(Br)cc1C(=O)Nc1c(Cl)cccc1Cl. The van der Waals surface area contributed by atoms with Crippen molar-refractivity contribution < 1.29 is 9.53 Å². The Morgan fingerprint density at radius 3 is 2.45 bits per heavy atom. The van der Waals surface area contributed by atoms with E-state index in [1.165, 1.54) is 7.11 Å². The molecule has 0 aromatic heterocycles. The van der Waals surface area contributed by atoms with Crippen molar-refractivity contribution in [3.8, 4) is 5.75 Å². The van der Waals surface area contributed by atoms with E-state index < -0.39 is 0 Å². The molecular weight excluding hydrogens is 365 g/mol. The summed E-state index contributed by atoms with van der Waals surface area (Å²) in [6.07, 6.45) is 0. The average molecular weight is 375 g/mol. The molecule has 1 amide bonds. The smallest absolute Gasteiger partial charge is 0.259 e. The van der Waals surface area contributed by atoms with E-state index in [0.29, 0.717) is 27.0 Å². The molecule has 2 aromatic rings. The van der Waals surface area contributed by atoms with Crippen LogP contribution in [0.25, 0.3) is 0 Å². The fourth-order valence-electron chi connectivity index (χ4n) is 1.66. The van der Waals surface area contributed by atoms with Crippen LogP contribution in [0.5, 0.6) is 5.75 Å². The number of benzene rings is 2. The number of hydrogen-bond donors (Lipinski definition) is 1. The van der Waals surface area contributed by atoms with Gasteiger partial charge in [0.25, 0.3) is 5.91 Å². The molecule has 0 radical (unpaired) electrons. The van der Waals surface area contributed by atoms with Gasteiger partial charge in [0, 0.05) is 4.47 Å². The zero-order chi connectivity index (χ0) is 14.7. The number of halogens is 3. The van der Waals surface area contributed by atoms with Crippen molar-refractivity contribution in [3.05, 3.63) is 56.5 Å². The highest BCUT2D eigenvalue weighted by molar-refractivity contribution is 9.10. The zero-order valence-corrected chi connectivity index (χ0v) is 13.5. The highest BCUT2D eigenvalue weighted by Crippen LogP contribution is 2.31. The van der Waals surface area contributed by atoms with Gasteiger partial charge in [-0.3, -0.25) is 4.79 Å². The summed E-state index contributed by atoms with van der Waals surface area (Å²) in [4.78, 5) is 12.3. The predicted molar refractivity (Wildman–Crippen MR) is 85.1 cm³/mol. The van der Waals surface area contributed by atoms with E-state index in [4.69, 9.17) is 27.9 Å². The number of para-hydroxylation sites is 1. The number of carbonyl (C=O) groups excluding carboxylic acids is 1. The van der Waals surface area contributed by atoms with E-state index in [0.717, 1.165) is 4.47 Å². The Labute approximate surface area is 135 Å². The van der Waals surface area contributed by atoms with E-state index >= 15 is 0 Å². The van der Waals surface area contributed by atoms with Crippen LogP contribution in [0, 0.1) is 0 Å². The minimum absolute atomic E-state index is 0.349. The van der Waals surface area contributed by atoms with Gasteiger partial charge in [-0.2, -0.15) is 0 Å². The van der Waals surface area contributed by atoms with Gasteiger partial charge in [0.2, 0.25) is 0 Å². The maximum Gasteiger partial charge on any atom is 0.259 e. The van der Waals surface area contributed by atoms with Gasteiger partial charge in [0.05, 0.1) is 28.4 Å². The zero-order valence-electron chi connectivity index (χ0n) is 10.4. The highest BCUT2D eigenvalue weighted by Gasteiger charge is 2.15. The summed E-state index contributed by atoms with van der Waals surface area (Å²) >= 11 is 15.4. The quantitative estimate of drug-likeness (QED) is 0.819. The molecule has 0 aliphatic heterocycles. The van der Waals surface area contributed by atoms with Crippen molar-refractivity contribution in [1.82, 2.24) is 0 Å². The Balaban J connectivity index is 2.35. The minimum atomic E-state index is -0.349. The number of anilines is 1. The summed E-state index contributed by atoms with van der Waals surface area (Å²) in [5.41, 5.74) is 0.765. The van der Waals surface area contributed by atoms with E-state index in [1.54, 1.807) is 36.4 Å². The second kappa shape index (κ2) is 6.48. The second-order valence-corrected chi connectivity index (χ2v) is 5.63. The van der Waals surface area contributed by atoms with Gasteiger partial charge >= 0.3 is 0 Å². The van der Waals surface area contributed by atoms with Crippen LogP contribution in [0.3, 0.4) is 0 Å². The van der Waals surface area contributed by atoms with E-state index in [-0.39, 0.29) is 5.91 Å². The Bertz CT molecular complexity index is 641. The van der Waals surface area contributed by atoms with Crippen LogP contribution in [0.15, 0.2) is 40.9 Å². The Morgan fingerprint density at radius 2 is 1.85 bits per heavy atom. The fraction of sp³-hybridized carbons (Fsp3) is 0.0714. The first-order valence-electron chi connectivity index (χ1n) is 5.62. The van der Waals surface area contributed by atoms with Crippen molar-refractivity contribution in [1.29, 1.82) is 0 Å². The summed E-state index contributed by atoms with van der Waals surface area (Å²) in [7, 11) is 1.50. The third kappa shape index (κ3) is 3.26. The normalized spacial score (nSPS) is 10.2. The predicted octanol–water partition coefficient (Wildman–Crippen LogP) is 5.02. The molecule has 0 atom stereocenters. The number of methoxy groups -OCH3 is 1. The van der Waals surface area contributed by atoms with E-state index in [9.17, 15) is 4.79 Å². The minimum Gasteiger partial charge on any atom is -0.496 e. The molecule has 0 aliphatic rings. The van der Waals surface area contributed by atoms with Crippen LogP contribution in [0.2, 0.25) is 10.0 Å². The third-order valence-electron chi connectivity index (χ3n) is 2.61. The number of rotatable bonds is 3. The molecule has 6 heteroatoms. The van der Waals surface area contributed by atoms with Crippen molar-refractivity contribution in [2.45, 2.75) is 0 Å². The molecule has 20 heavy (non-hydrogen) atoms. The van der Waals surface area contributed by atoms with Gasteiger partial charge < -0.3 is 10.1 Å². The van der Waals surface area contributed by atoms with Crippen LogP contribution in [0.4, 0.5) is 5.69 Å². The van der Waals surface area contributed by atoms with Gasteiger partial charge in [0.15, 0.2) is 0 Å². The molecule has 0 bridgehead atoms. The summed E-state index contributed by atoms with van der Waals surface area (Å²) in [5, 5.41) is 3.44. The number of amides is 1. The van der Waals surface area contributed by atoms with Crippen molar-refractivity contribution in [3.63, 3.8) is 0 Å². The van der Waals surface area contributed by atoms with Gasteiger partial charge in [-0.15, -0.1) is 0 Å². The van der Waals surface area contributed by atoms with Gasteiger partial charge in [-0.25, -0.2) is 0 Å². The summed E-state index contributed by atoms with van der Waals surface area (Å²) < 4.78 is 5.94. The number of nitrogens with one attached hydrogen (secondary N) is 1. The van der Waals surface area contributed by atoms with Gasteiger partial charge in [0.1, 0.15) is 5.75 Å². The summed E-state index contributed by atoms with van der Waals surface area (Å²) in [5.74, 6) is 0.118. The number of hydrogen-bond acceptors (Lipinski definition) is 2. The molecule has 104 valence electrons. The first kappa shape index (κ1) is 15.2. The molecule has 2 rings (SSSR count). The van der Waals surface area contributed by atoms with E-state index in [1.807, 2.05) is 0 Å². The molecule has 0 saturated heterocycles. The Kier molecular flexibility index (Phi) is 4.91. The first-order valence-corrected chi connectivity index (χ1v) is 7.16. The van der Waals surface area contributed by atoms with Crippen LogP contribution in [-0.4, -0.2) is 13.0 Å². The summed E-state index contributed by atoms with van der Waals surface area (Å²) in [6.45, 7) is 0. The van der Waals surface area contributed by atoms with Crippen LogP contribution in [-0.2, 0) is 0 Å². The van der Waals surface area contributed by atoms with Gasteiger partial charge in [-0.05, 0) is 30.3 Å². The molecule has 0 aliphatic carbocycles. The van der Waals surface area contributed by atoms with Crippen LogP contribution >= 0.6 is 39.1 Å². The molecule has 0 spiro atoms. The molecule has 0 fully saturated rings. The maximum atomic E-state index is 12.3. The summed E-state index contributed by atoms with van der Waals surface area (Å²) in [6, 6.07) is 10.2. The third-order valence-corrected chi connectivity index (χ3v) is 3.73. The number of carbonyl (C=O) groups is 1. The fourth-order valence-corrected chi connectivity index (χ4v) is 2.51. The molecule has 1 N–H and O–H groups in total. The molecule has 2 aromatic carbocycles. The highest BCUT2D eigenvalue weighted by atomic mass is 79.9. The molecule has 0 saturated carbocycles. The maximum absolute atomic E-state index is 12.3. The van der Waals surface area contributed by atoms with Crippen molar-refractivity contribution >= 4 is 50.7 Å². The average Bonchev–Trinajstić information content (AvgIpc) is 2.43. The lowest BCUT2D eigenvalue weighted by molar-refractivity contribution is 0.102. The lowest BCUT2D eigenvalue weighted by Gasteiger charge is -2.12. The Hall–Kier alpha value is -1.23. The van der Waals surface area contributed by atoms with Crippen molar-refractivity contribution in [2.24, 2.45) is 0 Å². The monoisotopic (exact) mass is 373 g/mol. The second-order valence-electron chi connectivity index (χ2n) is 3.90. The largest absolute Gasteiger partial charge is 0.496 e. The first-order chi connectivity index (χ1) is 9.52. The number of ether oxygens (including phenoxy) is 1. The molecule has 0 heterocycles. The van der Waals surface area contributed by atoms with Crippen molar-refractivity contribution in [2.75, 3.05) is 12.4 Å². The molecule has 0 unspecified atom stereocenters.